The molecule has 0 aliphatic carbocycles. The molecule has 4 atom stereocenters. The summed E-state index contributed by atoms with van der Waals surface area (Å²) in [7, 11) is 0. The van der Waals surface area contributed by atoms with Gasteiger partial charge in [-0.3, -0.25) is 9.97 Å². The van der Waals surface area contributed by atoms with Crippen molar-refractivity contribution in [3.63, 3.8) is 0 Å². The molecule has 20 heavy (non-hydrogen) atoms. The van der Waals surface area contributed by atoms with Crippen molar-refractivity contribution in [2.75, 3.05) is 0 Å². The highest BCUT2D eigenvalue weighted by Gasteiger charge is 2.25. The molecule has 1 aliphatic rings. The van der Waals surface area contributed by atoms with Gasteiger partial charge in [-0.2, -0.15) is 0 Å². The van der Waals surface area contributed by atoms with E-state index in [1.54, 1.807) is 0 Å². The van der Waals surface area contributed by atoms with Crippen LogP contribution in [0.5, 0.6) is 0 Å². The number of aryl methyl sites for hydroxylation is 4. The van der Waals surface area contributed by atoms with Crippen LogP contribution in [0.15, 0.2) is 0 Å². The topological polar surface area (TPSA) is 49.8 Å². The maximum atomic E-state index is 4.31. The number of hydrogen-bond donors (Lipinski definition) is 2. The highest BCUT2D eigenvalue weighted by Crippen LogP contribution is 2.06. The molecular formula is C16H30N4. The first-order chi connectivity index (χ1) is 9.22. The average molecular weight is 278 g/mol. The molecule has 1 aliphatic heterocycles. The second-order valence-electron chi connectivity index (χ2n) is 6.05. The Balaban J connectivity index is 0.000000200. The van der Waals surface area contributed by atoms with Crippen LogP contribution in [-0.2, 0) is 0 Å². The van der Waals surface area contributed by atoms with Crippen molar-refractivity contribution in [3.8, 4) is 0 Å². The van der Waals surface area contributed by atoms with Crippen LogP contribution in [-0.4, -0.2) is 34.1 Å². The molecule has 0 saturated carbocycles. The van der Waals surface area contributed by atoms with Crippen molar-refractivity contribution in [3.05, 3.63) is 22.8 Å². The van der Waals surface area contributed by atoms with Crippen LogP contribution in [0, 0.1) is 27.7 Å². The van der Waals surface area contributed by atoms with E-state index < -0.39 is 0 Å². The van der Waals surface area contributed by atoms with Crippen LogP contribution in [0.3, 0.4) is 0 Å². The summed E-state index contributed by atoms with van der Waals surface area (Å²) in [6.07, 6.45) is 0. The van der Waals surface area contributed by atoms with Crippen LogP contribution in [0.1, 0.15) is 50.5 Å². The molecule has 0 bridgehead atoms. The van der Waals surface area contributed by atoms with E-state index >= 15 is 0 Å². The molecule has 0 aromatic carbocycles. The Morgan fingerprint density at radius 1 is 0.550 bits per heavy atom. The van der Waals surface area contributed by atoms with Crippen molar-refractivity contribution in [1.29, 1.82) is 0 Å². The van der Waals surface area contributed by atoms with Gasteiger partial charge in [0.1, 0.15) is 0 Å². The smallest absolute Gasteiger partial charge is 0.0588 e. The fourth-order valence-electron chi connectivity index (χ4n) is 2.23. The van der Waals surface area contributed by atoms with Gasteiger partial charge in [0.05, 0.1) is 22.8 Å². The minimum atomic E-state index is 0.603. The van der Waals surface area contributed by atoms with E-state index in [-0.39, 0.29) is 0 Å². The summed E-state index contributed by atoms with van der Waals surface area (Å²) in [5.74, 6) is 0. The summed E-state index contributed by atoms with van der Waals surface area (Å²) in [5.41, 5.74) is 4.12. The van der Waals surface area contributed by atoms with Crippen LogP contribution in [0.2, 0.25) is 0 Å². The van der Waals surface area contributed by atoms with Gasteiger partial charge in [-0.25, -0.2) is 0 Å². The van der Waals surface area contributed by atoms with Crippen molar-refractivity contribution in [1.82, 2.24) is 20.6 Å². The van der Waals surface area contributed by atoms with Crippen LogP contribution in [0.4, 0.5) is 0 Å². The lowest BCUT2D eigenvalue weighted by molar-refractivity contribution is 0.250. The van der Waals surface area contributed by atoms with Gasteiger partial charge in [0, 0.05) is 24.2 Å². The second-order valence-corrected chi connectivity index (χ2v) is 6.05. The Bertz CT molecular complexity index is 368. The normalized spacial score (nSPS) is 29.6. The second kappa shape index (κ2) is 7.14. The van der Waals surface area contributed by atoms with Crippen molar-refractivity contribution in [2.45, 2.75) is 79.6 Å². The van der Waals surface area contributed by atoms with E-state index in [2.05, 4.69) is 48.3 Å². The molecule has 4 nitrogen and oxygen atoms in total. The zero-order valence-corrected chi connectivity index (χ0v) is 14.2. The fraction of sp³-hybridized carbons (Fsp3) is 0.750. The maximum Gasteiger partial charge on any atom is 0.0588 e. The number of nitrogens with zero attached hydrogens (tertiary/aromatic N) is 2. The lowest BCUT2D eigenvalue weighted by Gasteiger charge is -2.38. The van der Waals surface area contributed by atoms with Gasteiger partial charge < -0.3 is 10.6 Å². The zero-order chi connectivity index (χ0) is 15.4. The number of piperazine rings is 1. The molecule has 1 saturated heterocycles. The Morgan fingerprint density at radius 3 is 0.950 bits per heavy atom. The molecule has 0 amide bonds. The minimum Gasteiger partial charge on any atom is -0.309 e. The van der Waals surface area contributed by atoms with Gasteiger partial charge in [0.25, 0.3) is 0 Å². The van der Waals surface area contributed by atoms with E-state index in [9.17, 15) is 0 Å². The monoisotopic (exact) mass is 278 g/mol. The Morgan fingerprint density at radius 2 is 0.750 bits per heavy atom. The van der Waals surface area contributed by atoms with Crippen molar-refractivity contribution < 1.29 is 0 Å². The summed E-state index contributed by atoms with van der Waals surface area (Å²) in [5, 5.41) is 7.03. The summed E-state index contributed by atoms with van der Waals surface area (Å²) in [6.45, 7) is 16.8. The lowest BCUT2D eigenvalue weighted by atomic mass is 10.0. The predicted molar refractivity (Wildman–Crippen MR) is 85.1 cm³/mol. The van der Waals surface area contributed by atoms with E-state index in [4.69, 9.17) is 0 Å². The maximum absolute atomic E-state index is 4.31. The summed E-state index contributed by atoms with van der Waals surface area (Å²) in [6, 6.07) is 2.41. The molecule has 2 rings (SSSR count). The molecule has 1 aromatic rings. The van der Waals surface area contributed by atoms with E-state index in [1.807, 2.05) is 27.7 Å². The minimum absolute atomic E-state index is 0.603. The molecule has 4 heteroatoms. The Labute approximate surface area is 123 Å². The number of hydrogen-bond acceptors (Lipinski definition) is 4. The lowest BCUT2D eigenvalue weighted by Crippen LogP contribution is -2.62. The van der Waals surface area contributed by atoms with Gasteiger partial charge in [-0.15, -0.1) is 0 Å². The zero-order valence-electron chi connectivity index (χ0n) is 14.2. The fourth-order valence-corrected chi connectivity index (χ4v) is 2.23. The van der Waals surface area contributed by atoms with Crippen LogP contribution >= 0.6 is 0 Å². The third-order valence-corrected chi connectivity index (χ3v) is 4.27. The number of nitrogens with one attached hydrogen (secondary N) is 2. The summed E-state index contributed by atoms with van der Waals surface area (Å²) in [4.78, 5) is 8.62. The van der Waals surface area contributed by atoms with Crippen LogP contribution in [0.25, 0.3) is 0 Å². The quantitative estimate of drug-likeness (QED) is 0.765. The first-order valence-electron chi connectivity index (χ1n) is 7.53. The molecule has 114 valence electrons. The van der Waals surface area contributed by atoms with Gasteiger partial charge >= 0.3 is 0 Å². The Kier molecular flexibility index (Phi) is 6.08. The Hall–Kier alpha value is -1.00. The van der Waals surface area contributed by atoms with Crippen LogP contribution < -0.4 is 10.6 Å². The number of rotatable bonds is 0. The summed E-state index contributed by atoms with van der Waals surface area (Å²) < 4.78 is 0. The van der Waals surface area contributed by atoms with E-state index in [0.29, 0.717) is 24.2 Å². The van der Waals surface area contributed by atoms with Crippen molar-refractivity contribution in [2.24, 2.45) is 0 Å². The largest absolute Gasteiger partial charge is 0.309 e. The highest BCUT2D eigenvalue weighted by atomic mass is 15.1. The highest BCUT2D eigenvalue weighted by molar-refractivity contribution is 5.16. The standard InChI is InChI=1S/C8H18N2.C8H12N2/c2*1-5-6(2)10-8(4)7(3)9-5/h5-10H,1-4H3;1-4H3. The molecule has 0 radical (unpaired) electrons. The van der Waals surface area contributed by atoms with Gasteiger partial charge in [0.15, 0.2) is 0 Å². The summed E-state index contributed by atoms with van der Waals surface area (Å²) >= 11 is 0. The van der Waals surface area contributed by atoms with E-state index in [1.165, 1.54) is 0 Å². The first-order valence-corrected chi connectivity index (χ1v) is 7.53. The molecule has 0 spiro atoms. The third kappa shape index (κ3) is 4.53. The predicted octanol–water partition coefficient (Wildman–Crippen LogP) is 2.44. The van der Waals surface area contributed by atoms with Gasteiger partial charge in [0.2, 0.25) is 0 Å². The van der Waals surface area contributed by atoms with Crippen molar-refractivity contribution >= 4 is 0 Å². The molecule has 1 aromatic heterocycles. The molecule has 1 fully saturated rings. The van der Waals surface area contributed by atoms with Gasteiger partial charge in [-0.05, 0) is 55.4 Å². The SMILES string of the molecule is CC1NC(C)C(C)NC1C.Cc1nc(C)c(C)nc1C. The molecular weight excluding hydrogens is 248 g/mol. The average Bonchev–Trinajstić information content (AvgIpc) is 2.35. The van der Waals surface area contributed by atoms with E-state index in [0.717, 1.165) is 22.8 Å². The number of aromatic nitrogens is 2. The van der Waals surface area contributed by atoms with Gasteiger partial charge in [-0.1, -0.05) is 0 Å². The third-order valence-electron chi connectivity index (χ3n) is 4.27. The molecule has 2 heterocycles. The molecule has 4 unspecified atom stereocenters. The molecule has 2 N–H and O–H groups in total. The first kappa shape index (κ1) is 17.1.